The lowest BCUT2D eigenvalue weighted by molar-refractivity contribution is 1.30. The van der Waals surface area contributed by atoms with Gasteiger partial charge in [0.25, 0.3) is 0 Å². The van der Waals surface area contributed by atoms with Crippen LogP contribution in [0, 0.1) is 0 Å². The van der Waals surface area contributed by atoms with Crippen molar-refractivity contribution in [2.45, 2.75) is 0 Å². The van der Waals surface area contributed by atoms with E-state index in [1.165, 1.54) is 91.2 Å². The predicted molar refractivity (Wildman–Crippen MR) is 235 cm³/mol. The molecule has 11 rings (SSSR count). The summed E-state index contributed by atoms with van der Waals surface area (Å²) >= 11 is 1.87. The van der Waals surface area contributed by atoms with Crippen LogP contribution in [0.1, 0.15) is 0 Å². The third-order valence-electron chi connectivity index (χ3n) is 11.0. The van der Waals surface area contributed by atoms with Gasteiger partial charge in [0.1, 0.15) is 0 Å². The van der Waals surface area contributed by atoms with E-state index in [0.29, 0.717) is 0 Å². The van der Waals surface area contributed by atoms with E-state index in [4.69, 9.17) is 0 Å². The zero-order valence-corrected chi connectivity index (χ0v) is 30.2. The first-order valence-electron chi connectivity index (χ1n) is 18.5. The zero-order chi connectivity index (χ0) is 35.6. The van der Waals surface area contributed by atoms with Crippen LogP contribution < -0.4 is 4.90 Å². The SMILES string of the molecule is c1ccc(-c2ccccc2N(c2ccc(-c3ccc4ccc5ccc6ccc7ccccc7c6c5c4c3)cc2)c2cccc3c2sc2ccccc23)cc1. The van der Waals surface area contributed by atoms with Crippen molar-refractivity contribution in [3.63, 3.8) is 0 Å². The molecule has 1 aromatic heterocycles. The van der Waals surface area contributed by atoms with Crippen LogP contribution >= 0.6 is 11.3 Å². The quantitative estimate of drug-likeness (QED) is 0.161. The van der Waals surface area contributed by atoms with Gasteiger partial charge in [0.05, 0.1) is 16.1 Å². The van der Waals surface area contributed by atoms with Gasteiger partial charge in [-0.1, -0.05) is 164 Å². The van der Waals surface area contributed by atoms with Crippen molar-refractivity contribution >= 4 is 91.7 Å². The first-order chi connectivity index (χ1) is 26.8. The second kappa shape index (κ2) is 12.4. The fourth-order valence-corrected chi connectivity index (χ4v) is 9.68. The summed E-state index contributed by atoms with van der Waals surface area (Å²) in [5.74, 6) is 0. The highest BCUT2D eigenvalue weighted by Gasteiger charge is 2.21. The Labute approximate surface area is 317 Å². The van der Waals surface area contributed by atoms with E-state index >= 15 is 0 Å². The van der Waals surface area contributed by atoms with Crippen molar-refractivity contribution in [1.29, 1.82) is 0 Å². The molecule has 0 unspecified atom stereocenters. The maximum absolute atomic E-state index is 2.45. The molecule has 10 aromatic carbocycles. The number of benzene rings is 10. The minimum atomic E-state index is 1.12. The fraction of sp³-hybridized carbons (Fsp3) is 0. The molecule has 252 valence electrons. The first kappa shape index (κ1) is 30.8. The molecule has 0 aliphatic rings. The van der Waals surface area contributed by atoms with E-state index in [2.05, 4.69) is 205 Å². The summed E-state index contributed by atoms with van der Waals surface area (Å²) in [7, 11) is 0. The maximum atomic E-state index is 2.45. The molecular weight excluding hydrogens is 671 g/mol. The van der Waals surface area contributed by atoms with Gasteiger partial charge >= 0.3 is 0 Å². The van der Waals surface area contributed by atoms with Crippen molar-refractivity contribution in [3.05, 3.63) is 200 Å². The molecule has 0 N–H and O–H groups in total. The molecule has 0 fully saturated rings. The van der Waals surface area contributed by atoms with E-state index in [9.17, 15) is 0 Å². The van der Waals surface area contributed by atoms with Crippen molar-refractivity contribution in [2.75, 3.05) is 4.90 Å². The average molecular weight is 704 g/mol. The number of thiophene rings is 1. The highest BCUT2D eigenvalue weighted by molar-refractivity contribution is 7.26. The number of hydrogen-bond donors (Lipinski definition) is 0. The van der Waals surface area contributed by atoms with Gasteiger partial charge in [-0.15, -0.1) is 11.3 Å². The van der Waals surface area contributed by atoms with Crippen molar-refractivity contribution < 1.29 is 0 Å². The molecule has 0 saturated heterocycles. The van der Waals surface area contributed by atoms with Crippen LogP contribution in [0.2, 0.25) is 0 Å². The molecule has 0 saturated carbocycles. The van der Waals surface area contributed by atoms with Gasteiger partial charge in [0, 0.05) is 26.7 Å². The van der Waals surface area contributed by atoms with Gasteiger partial charge in [0.15, 0.2) is 0 Å². The number of anilines is 3. The molecule has 0 amide bonds. The van der Waals surface area contributed by atoms with Crippen LogP contribution in [0.4, 0.5) is 17.1 Å². The fourth-order valence-electron chi connectivity index (χ4n) is 8.47. The molecule has 0 spiro atoms. The van der Waals surface area contributed by atoms with Crippen molar-refractivity contribution in [3.8, 4) is 22.3 Å². The summed E-state index contributed by atoms with van der Waals surface area (Å²) in [5.41, 5.74) is 8.25. The topological polar surface area (TPSA) is 3.24 Å². The number of nitrogens with zero attached hydrogens (tertiary/aromatic N) is 1. The molecule has 0 aliphatic carbocycles. The number of fused-ring (bicyclic) bond motifs is 10. The van der Waals surface area contributed by atoms with Crippen LogP contribution in [0.3, 0.4) is 0 Å². The zero-order valence-electron chi connectivity index (χ0n) is 29.4. The monoisotopic (exact) mass is 703 g/mol. The Morgan fingerprint density at radius 1 is 0.333 bits per heavy atom. The first-order valence-corrected chi connectivity index (χ1v) is 19.3. The van der Waals surface area contributed by atoms with Crippen molar-refractivity contribution in [2.24, 2.45) is 0 Å². The highest BCUT2D eigenvalue weighted by Crippen LogP contribution is 2.47. The van der Waals surface area contributed by atoms with Gasteiger partial charge in [0.2, 0.25) is 0 Å². The lowest BCUT2D eigenvalue weighted by Crippen LogP contribution is -2.11. The molecule has 0 aliphatic heterocycles. The molecular formula is C52H33NS. The van der Waals surface area contributed by atoms with Gasteiger partial charge in [-0.2, -0.15) is 0 Å². The molecule has 2 heteroatoms. The van der Waals surface area contributed by atoms with E-state index in [1.807, 2.05) is 11.3 Å². The Morgan fingerprint density at radius 2 is 0.907 bits per heavy atom. The van der Waals surface area contributed by atoms with Crippen LogP contribution in [-0.2, 0) is 0 Å². The smallest absolute Gasteiger partial charge is 0.0640 e. The molecule has 54 heavy (non-hydrogen) atoms. The van der Waals surface area contributed by atoms with E-state index in [-0.39, 0.29) is 0 Å². The maximum Gasteiger partial charge on any atom is 0.0640 e. The summed E-state index contributed by atoms with van der Waals surface area (Å²) in [5, 5.41) is 12.9. The Balaban J connectivity index is 1.10. The van der Waals surface area contributed by atoms with Crippen LogP contribution in [0.25, 0.3) is 85.5 Å². The Morgan fingerprint density at radius 3 is 1.72 bits per heavy atom. The lowest BCUT2D eigenvalue weighted by atomic mass is 9.91. The van der Waals surface area contributed by atoms with Gasteiger partial charge < -0.3 is 4.90 Å². The summed E-state index contributed by atoms with van der Waals surface area (Å²) in [6, 6.07) is 73.5. The largest absolute Gasteiger partial charge is 0.308 e. The number of hydrogen-bond acceptors (Lipinski definition) is 2. The van der Waals surface area contributed by atoms with E-state index in [1.54, 1.807) is 0 Å². The third kappa shape index (κ3) is 4.92. The summed E-state index contributed by atoms with van der Waals surface area (Å²) < 4.78 is 2.59. The molecule has 0 atom stereocenters. The lowest BCUT2D eigenvalue weighted by Gasteiger charge is -2.28. The van der Waals surface area contributed by atoms with Crippen LogP contribution in [-0.4, -0.2) is 0 Å². The predicted octanol–water partition coefficient (Wildman–Crippen LogP) is 15.5. The van der Waals surface area contributed by atoms with E-state index in [0.717, 1.165) is 11.4 Å². The minimum absolute atomic E-state index is 1.12. The second-order valence-electron chi connectivity index (χ2n) is 14.1. The van der Waals surface area contributed by atoms with Gasteiger partial charge in [-0.25, -0.2) is 0 Å². The Kier molecular flexibility index (Phi) is 7.11. The third-order valence-corrected chi connectivity index (χ3v) is 12.2. The summed E-state index contributed by atoms with van der Waals surface area (Å²) in [6.45, 7) is 0. The Bertz CT molecular complexity index is 3200. The molecule has 11 aromatic rings. The number of rotatable bonds is 5. The average Bonchev–Trinajstić information content (AvgIpc) is 3.63. The molecule has 0 bridgehead atoms. The molecule has 0 radical (unpaired) electrons. The standard InChI is InChI=1S/C52H33NS/c1-2-11-35(12-3-1)42-14-6-8-18-47(42)53(48-19-10-17-45-44-16-7-9-20-49(44)54-52(45)48)41-31-29-34(30-32-41)40-28-23-37-22-25-39-27-26-38-24-21-36-13-4-5-15-43(36)50(38)51(39)46(37)33-40/h1-33H. The molecule has 1 nitrogen and oxygen atoms in total. The summed E-state index contributed by atoms with van der Waals surface area (Å²) in [6.07, 6.45) is 0. The second-order valence-corrected chi connectivity index (χ2v) is 15.1. The highest BCUT2D eigenvalue weighted by atomic mass is 32.1. The normalized spacial score (nSPS) is 11.7. The van der Waals surface area contributed by atoms with E-state index < -0.39 is 0 Å². The minimum Gasteiger partial charge on any atom is -0.308 e. The van der Waals surface area contributed by atoms with Crippen LogP contribution in [0.15, 0.2) is 200 Å². The Hall–Kier alpha value is -6.74. The van der Waals surface area contributed by atoms with Gasteiger partial charge in [-0.05, 0) is 96.2 Å². The molecule has 1 heterocycles. The van der Waals surface area contributed by atoms with Crippen molar-refractivity contribution in [1.82, 2.24) is 0 Å². The van der Waals surface area contributed by atoms with Gasteiger partial charge in [-0.3, -0.25) is 0 Å². The van der Waals surface area contributed by atoms with Crippen LogP contribution in [0.5, 0.6) is 0 Å². The number of para-hydroxylation sites is 1. The summed E-state index contributed by atoms with van der Waals surface area (Å²) in [4.78, 5) is 2.45.